The molecule has 0 aliphatic heterocycles. The van der Waals surface area contributed by atoms with Gasteiger partial charge in [-0.25, -0.2) is 0 Å². The Hall–Kier alpha value is -0.660. The number of rotatable bonds is 39. The maximum atomic E-state index is 12.7. The van der Waals surface area contributed by atoms with E-state index in [1.807, 2.05) is 13.8 Å². The van der Waals surface area contributed by atoms with E-state index >= 15 is 0 Å². The quantitative estimate of drug-likeness (QED) is 0.0623. The van der Waals surface area contributed by atoms with Crippen molar-refractivity contribution in [3.63, 3.8) is 0 Å². The van der Waals surface area contributed by atoms with Gasteiger partial charge in [0.1, 0.15) is 11.6 Å². The topological polar surface area (TPSA) is 34.1 Å². The second-order valence-electron chi connectivity index (χ2n) is 15.3. The molecule has 0 fully saturated rings. The van der Waals surface area contributed by atoms with Gasteiger partial charge in [-0.15, -0.1) is 0 Å². The van der Waals surface area contributed by atoms with E-state index in [0.717, 1.165) is 19.3 Å². The number of hydrogen-bond acceptors (Lipinski definition) is 2. The van der Waals surface area contributed by atoms with E-state index in [4.69, 9.17) is 0 Å². The molecular formula is C44H86O2. The van der Waals surface area contributed by atoms with Gasteiger partial charge in [-0.2, -0.15) is 0 Å². The Morgan fingerprint density at radius 1 is 0.283 bits per heavy atom. The Bertz CT molecular complexity index is 625. The van der Waals surface area contributed by atoms with Gasteiger partial charge in [-0.1, -0.05) is 233 Å². The van der Waals surface area contributed by atoms with Crippen molar-refractivity contribution >= 4 is 11.6 Å². The third kappa shape index (κ3) is 31.9. The normalized spacial score (nSPS) is 12.9. The summed E-state index contributed by atoms with van der Waals surface area (Å²) in [6.45, 7) is 8.57. The maximum absolute atomic E-state index is 12.7. The van der Waals surface area contributed by atoms with Crippen LogP contribution < -0.4 is 0 Å². The third-order valence-electron chi connectivity index (χ3n) is 10.8. The molecule has 0 N–H and O–H groups in total. The lowest BCUT2D eigenvalue weighted by molar-refractivity contribution is -0.131. The van der Waals surface area contributed by atoms with E-state index in [1.54, 1.807) is 0 Å². The van der Waals surface area contributed by atoms with Crippen LogP contribution in [-0.4, -0.2) is 11.6 Å². The fourth-order valence-corrected chi connectivity index (χ4v) is 7.06. The molecule has 0 aliphatic carbocycles. The second-order valence-corrected chi connectivity index (χ2v) is 15.3. The molecule has 2 heteroatoms. The van der Waals surface area contributed by atoms with Crippen LogP contribution in [0.5, 0.6) is 0 Å². The van der Waals surface area contributed by atoms with Crippen LogP contribution in [-0.2, 0) is 9.59 Å². The van der Waals surface area contributed by atoms with Crippen LogP contribution in [0.1, 0.15) is 259 Å². The first-order chi connectivity index (χ1) is 22.5. The molecule has 0 aromatic carbocycles. The van der Waals surface area contributed by atoms with E-state index in [2.05, 4.69) is 13.8 Å². The highest BCUT2D eigenvalue weighted by Crippen LogP contribution is 2.21. The lowest BCUT2D eigenvalue weighted by atomic mass is 9.85. The number of ketones is 2. The molecule has 0 saturated carbocycles. The van der Waals surface area contributed by atoms with Gasteiger partial charge < -0.3 is 0 Å². The summed E-state index contributed by atoms with van der Waals surface area (Å²) in [7, 11) is 0. The molecule has 0 aromatic rings. The number of Topliss-reactive ketones (excluding diaryl/α,β-unsaturated/α-hetero) is 2. The smallest absolute Gasteiger partial charge is 0.136 e. The number of hydrogen-bond donors (Lipinski definition) is 0. The largest absolute Gasteiger partial charge is 0.299 e. The highest BCUT2D eigenvalue weighted by atomic mass is 16.1. The molecule has 0 heterocycles. The molecule has 46 heavy (non-hydrogen) atoms. The van der Waals surface area contributed by atoms with Crippen molar-refractivity contribution in [2.75, 3.05) is 0 Å². The van der Waals surface area contributed by atoms with Crippen LogP contribution in [0.3, 0.4) is 0 Å². The summed E-state index contributed by atoms with van der Waals surface area (Å²) >= 11 is 0. The van der Waals surface area contributed by atoms with E-state index in [-0.39, 0.29) is 11.8 Å². The van der Waals surface area contributed by atoms with Crippen molar-refractivity contribution in [2.24, 2.45) is 11.8 Å². The summed E-state index contributed by atoms with van der Waals surface area (Å²) in [5.41, 5.74) is 0. The zero-order valence-electron chi connectivity index (χ0n) is 32.4. The summed E-state index contributed by atoms with van der Waals surface area (Å²) in [5.74, 6) is 0.395. The number of carbonyl (C=O) groups is 2. The Labute approximate surface area is 291 Å². The van der Waals surface area contributed by atoms with Gasteiger partial charge in [-0.3, -0.25) is 9.59 Å². The third-order valence-corrected chi connectivity index (χ3v) is 10.8. The maximum Gasteiger partial charge on any atom is 0.136 e. The van der Waals surface area contributed by atoms with Crippen LogP contribution in [0.15, 0.2) is 0 Å². The standard InChI is InChI=1S/C44H86O2/c1-5-7-9-11-13-15-17-19-21-22-23-24-26-28-30-32-34-36-38-40-44(46)42(4)41(3)43(45)39-37-35-33-31-29-27-25-20-18-16-14-12-10-8-6-2/h41-42H,5-40H2,1-4H3. The second kappa shape index (κ2) is 37.2. The van der Waals surface area contributed by atoms with Crippen molar-refractivity contribution in [3.8, 4) is 0 Å². The van der Waals surface area contributed by atoms with Crippen LogP contribution in [0.4, 0.5) is 0 Å². The van der Waals surface area contributed by atoms with Gasteiger partial charge in [0.15, 0.2) is 0 Å². The van der Waals surface area contributed by atoms with Crippen molar-refractivity contribution in [1.29, 1.82) is 0 Å². The molecule has 0 amide bonds. The molecule has 2 unspecified atom stereocenters. The molecule has 2 nitrogen and oxygen atoms in total. The summed E-state index contributed by atoms with van der Waals surface area (Å²) in [5, 5.41) is 0. The zero-order valence-corrected chi connectivity index (χ0v) is 32.4. The molecule has 274 valence electrons. The Balaban J connectivity index is 3.49. The predicted molar refractivity (Wildman–Crippen MR) is 206 cm³/mol. The number of unbranched alkanes of at least 4 members (excludes halogenated alkanes) is 32. The molecule has 0 rings (SSSR count). The van der Waals surface area contributed by atoms with Crippen molar-refractivity contribution in [1.82, 2.24) is 0 Å². The molecule has 2 atom stereocenters. The average molecular weight is 647 g/mol. The van der Waals surface area contributed by atoms with E-state index in [0.29, 0.717) is 24.4 Å². The lowest BCUT2D eigenvalue weighted by Crippen LogP contribution is -2.25. The first-order valence-corrected chi connectivity index (χ1v) is 21.6. The molecule has 0 aliphatic rings. The van der Waals surface area contributed by atoms with Gasteiger partial charge in [0, 0.05) is 24.7 Å². The van der Waals surface area contributed by atoms with Crippen LogP contribution in [0, 0.1) is 11.8 Å². The van der Waals surface area contributed by atoms with Gasteiger partial charge >= 0.3 is 0 Å². The van der Waals surface area contributed by atoms with E-state index in [1.165, 1.54) is 199 Å². The van der Waals surface area contributed by atoms with Gasteiger partial charge in [-0.05, 0) is 12.8 Å². The molecule has 0 aromatic heterocycles. The van der Waals surface area contributed by atoms with Crippen molar-refractivity contribution < 1.29 is 9.59 Å². The van der Waals surface area contributed by atoms with E-state index in [9.17, 15) is 9.59 Å². The predicted octanol–water partition coefficient (Wildman–Crippen LogP) is 15.5. The fourth-order valence-electron chi connectivity index (χ4n) is 7.06. The van der Waals surface area contributed by atoms with Crippen LogP contribution in [0.25, 0.3) is 0 Å². The molecular weight excluding hydrogens is 560 g/mol. The Morgan fingerprint density at radius 2 is 0.435 bits per heavy atom. The average Bonchev–Trinajstić information content (AvgIpc) is 3.06. The highest BCUT2D eigenvalue weighted by molar-refractivity contribution is 5.89. The fraction of sp³-hybridized carbons (Fsp3) is 0.955. The van der Waals surface area contributed by atoms with Crippen molar-refractivity contribution in [2.45, 2.75) is 259 Å². The van der Waals surface area contributed by atoms with Gasteiger partial charge in [0.2, 0.25) is 0 Å². The zero-order chi connectivity index (χ0) is 33.8. The summed E-state index contributed by atoms with van der Waals surface area (Å²) < 4.78 is 0. The summed E-state index contributed by atoms with van der Waals surface area (Å²) in [6.07, 6.45) is 47.6. The monoisotopic (exact) mass is 647 g/mol. The van der Waals surface area contributed by atoms with Crippen LogP contribution >= 0.6 is 0 Å². The molecule has 0 radical (unpaired) electrons. The number of carbonyl (C=O) groups excluding carboxylic acids is 2. The van der Waals surface area contributed by atoms with Gasteiger partial charge in [0.05, 0.1) is 0 Å². The molecule has 0 bridgehead atoms. The van der Waals surface area contributed by atoms with E-state index < -0.39 is 0 Å². The Kier molecular flexibility index (Phi) is 36.6. The van der Waals surface area contributed by atoms with Crippen LogP contribution in [0.2, 0.25) is 0 Å². The SMILES string of the molecule is CCCCCCCCCCCCCCCCCCCCCC(=O)C(C)C(C)C(=O)CCCCCCCCCCCCCCCCC. The van der Waals surface area contributed by atoms with Gasteiger partial charge in [0.25, 0.3) is 0 Å². The van der Waals surface area contributed by atoms with Crippen molar-refractivity contribution in [3.05, 3.63) is 0 Å². The molecule has 0 saturated heterocycles. The summed E-state index contributed by atoms with van der Waals surface area (Å²) in [6, 6.07) is 0. The summed E-state index contributed by atoms with van der Waals surface area (Å²) in [4.78, 5) is 25.5. The lowest BCUT2D eigenvalue weighted by Gasteiger charge is -2.18. The molecule has 0 spiro atoms. The Morgan fingerprint density at radius 3 is 0.609 bits per heavy atom. The first-order valence-electron chi connectivity index (χ1n) is 21.6. The highest BCUT2D eigenvalue weighted by Gasteiger charge is 2.24. The first kappa shape index (κ1) is 45.3. The minimum atomic E-state index is -0.112. The minimum Gasteiger partial charge on any atom is -0.299 e. The minimum absolute atomic E-state index is 0.112.